The minimum atomic E-state index is 0.315. The van der Waals surface area contributed by atoms with Crippen LogP contribution in [-0.4, -0.2) is 18.7 Å². The van der Waals surface area contributed by atoms with Crippen LogP contribution < -0.4 is 10.1 Å². The molecule has 1 fully saturated rings. The van der Waals surface area contributed by atoms with Gasteiger partial charge in [0.05, 0.1) is 0 Å². The second-order valence-corrected chi connectivity index (χ2v) is 6.75. The average Bonchev–Trinajstić information content (AvgIpc) is 2.79. The Kier molecular flexibility index (Phi) is 3.53. The summed E-state index contributed by atoms with van der Waals surface area (Å²) in [5, 5.41) is 3.76. The molecule has 2 unspecified atom stereocenters. The molecule has 2 heteroatoms. The Balaban J connectivity index is 1.54. The second kappa shape index (κ2) is 5.16. The number of para-hydroxylation sites is 1. The summed E-state index contributed by atoms with van der Waals surface area (Å²) in [6.45, 7) is 5.77. The highest BCUT2D eigenvalue weighted by atomic mass is 16.5. The van der Waals surface area contributed by atoms with Crippen LogP contribution in [0.25, 0.3) is 0 Å². The molecule has 1 N–H and O–H groups in total. The molecule has 0 radical (unpaired) electrons. The van der Waals surface area contributed by atoms with Gasteiger partial charge in [0.1, 0.15) is 11.9 Å². The van der Waals surface area contributed by atoms with Crippen LogP contribution in [-0.2, 0) is 6.42 Å². The van der Waals surface area contributed by atoms with Gasteiger partial charge in [0.2, 0.25) is 0 Å². The maximum Gasteiger partial charge on any atom is 0.123 e. The first-order chi connectivity index (χ1) is 9.15. The quantitative estimate of drug-likeness (QED) is 0.896. The zero-order valence-electron chi connectivity index (χ0n) is 12.1. The number of hydrogen-bond donors (Lipinski definition) is 1. The molecule has 1 saturated carbocycles. The monoisotopic (exact) mass is 259 g/mol. The smallest absolute Gasteiger partial charge is 0.123 e. The van der Waals surface area contributed by atoms with E-state index in [1.165, 1.54) is 31.2 Å². The molecule has 0 saturated heterocycles. The highest BCUT2D eigenvalue weighted by Crippen LogP contribution is 2.35. The fourth-order valence-electron chi connectivity index (χ4n) is 3.51. The fraction of sp³-hybridized carbons (Fsp3) is 0.647. The Bertz CT molecular complexity index is 416. The minimum absolute atomic E-state index is 0.315. The molecule has 3 rings (SSSR count). The van der Waals surface area contributed by atoms with E-state index in [4.69, 9.17) is 4.74 Å². The van der Waals surface area contributed by atoms with Crippen molar-refractivity contribution >= 4 is 0 Å². The summed E-state index contributed by atoms with van der Waals surface area (Å²) < 4.78 is 6.00. The van der Waals surface area contributed by atoms with Crippen molar-refractivity contribution in [2.24, 2.45) is 5.41 Å². The Hall–Kier alpha value is -1.02. The van der Waals surface area contributed by atoms with Crippen molar-refractivity contribution in [2.75, 3.05) is 6.54 Å². The third-order valence-electron chi connectivity index (χ3n) is 4.81. The van der Waals surface area contributed by atoms with Crippen molar-refractivity contribution in [2.45, 2.75) is 58.1 Å². The van der Waals surface area contributed by atoms with E-state index in [-0.39, 0.29) is 0 Å². The summed E-state index contributed by atoms with van der Waals surface area (Å²) in [6, 6.07) is 9.06. The van der Waals surface area contributed by atoms with Crippen LogP contribution in [0.15, 0.2) is 24.3 Å². The molecule has 2 aliphatic rings. The molecule has 104 valence electrons. The lowest BCUT2D eigenvalue weighted by Crippen LogP contribution is -2.47. The van der Waals surface area contributed by atoms with Gasteiger partial charge in [-0.15, -0.1) is 0 Å². The van der Waals surface area contributed by atoms with E-state index in [0.717, 1.165) is 18.7 Å². The summed E-state index contributed by atoms with van der Waals surface area (Å²) in [5.74, 6) is 1.08. The van der Waals surface area contributed by atoms with Crippen molar-refractivity contribution < 1.29 is 4.74 Å². The third-order valence-corrected chi connectivity index (χ3v) is 4.81. The Morgan fingerprint density at radius 1 is 1.26 bits per heavy atom. The SMILES string of the molecule is CC1(C)CCCCC1NCC1Cc2ccccc2O1. The van der Waals surface area contributed by atoms with Gasteiger partial charge in [-0.2, -0.15) is 0 Å². The summed E-state index contributed by atoms with van der Waals surface area (Å²) in [5.41, 5.74) is 1.79. The summed E-state index contributed by atoms with van der Waals surface area (Å²) in [7, 11) is 0. The predicted molar refractivity (Wildman–Crippen MR) is 78.6 cm³/mol. The van der Waals surface area contributed by atoms with Crippen molar-refractivity contribution in [3.8, 4) is 5.75 Å². The zero-order chi connectivity index (χ0) is 13.3. The number of benzene rings is 1. The molecule has 0 aromatic heterocycles. The van der Waals surface area contributed by atoms with Crippen LogP contribution in [0.3, 0.4) is 0 Å². The van der Waals surface area contributed by atoms with Crippen molar-refractivity contribution in [1.29, 1.82) is 0 Å². The molecule has 2 nitrogen and oxygen atoms in total. The number of fused-ring (bicyclic) bond motifs is 1. The van der Waals surface area contributed by atoms with Crippen LogP contribution in [0.1, 0.15) is 45.1 Å². The predicted octanol–water partition coefficient (Wildman–Crippen LogP) is 3.55. The van der Waals surface area contributed by atoms with Gasteiger partial charge >= 0.3 is 0 Å². The van der Waals surface area contributed by atoms with Gasteiger partial charge in [-0.3, -0.25) is 0 Å². The van der Waals surface area contributed by atoms with Gasteiger partial charge in [-0.05, 0) is 29.9 Å². The molecule has 0 amide bonds. The first-order valence-electron chi connectivity index (χ1n) is 7.63. The molecule has 19 heavy (non-hydrogen) atoms. The summed E-state index contributed by atoms with van der Waals surface area (Å²) in [6.07, 6.45) is 6.78. The number of hydrogen-bond acceptors (Lipinski definition) is 2. The molecular weight excluding hydrogens is 234 g/mol. The van der Waals surface area contributed by atoms with Crippen LogP contribution in [0, 0.1) is 5.41 Å². The van der Waals surface area contributed by atoms with Gasteiger partial charge in [0, 0.05) is 19.0 Å². The summed E-state index contributed by atoms with van der Waals surface area (Å²) >= 11 is 0. The van der Waals surface area contributed by atoms with E-state index in [9.17, 15) is 0 Å². The number of nitrogens with one attached hydrogen (secondary N) is 1. The molecule has 1 aromatic rings. The van der Waals surface area contributed by atoms with E-state index in [2.05, 4.69) is 43.4 Å². The van der Waals surface area contributed by atoms with Crippen molar-refractivity contribution in [3.63, 3.8) is 0 Å². The van der Waals surface area contributed by atoms with Gasteiger partial charge in [-0.1, -0.05) is 44.9 Å². The van der Waals surface area contributed by atoms with Crippen LogP contribution >= 0.6 is 0 Å². The minimum Gasteiger partial charge on any atom is -0.488 e. The maximum atomic E-state index is 6.00. The highest BCUT2D eigenvalue weighted by molar-refractivity contribution is 5.37. The van der Waals surface area contributed by atoms with Gasteiger partial charge < -0.3 is 10.1 Å². The molecule has 1 heterocycles. The first kappa shape index (κ1) is 13.0. The highest BCUT2D eigenvalue weighted by Gasteiger charge is 2.33. The topological polar surface area (TPSA) is 21.3 Å². The average molecular weight is 259 g/mol. The van der Waals surface area contributed by atoms with Gasteiger partial charge in [0.15, 0.2) is 0 Å². The lowest BCUT2D eigenvalue weighted by atomic mass is 9.73. The Morgan fingerprint density at radius 3 is 2.89 bits per heavy atom. The lowest BCUT2D eigenvalue weighted by Gasteiger charge is -2.39. The largest absolute Gasteiger partial charge is 0.488 e. The van der Waals surface area contributed by atoms with Crippen molar-refractivity contribution in [3.05, 3.63) is 29.8 Å². The van der Waals surface area contributed by atoms with E-state index >= 15 is 0 Å². The summed E-state index contributed by atoms with van der Waals surface area (Å²) in [4.78, 5) is 0. The van der Waals surface area contributed by atoms with Gasteiger partial charge in [0.25, 0.3) is 0 Å². The van der Waals surface area contributed by atoms with E-state index in [1.807, 2.05) is 0 Å². The lowest BCUT2D eigenvalue weighted by molar-refractivity contribution is 0.145. The molecule has 2 atom stereocenters. The van der Waals surface area contributed by atoms with Crippen LogP contribution in [0.2, 0.25) is 0 Å². The molecule has 1 aliphatic carbocycles. The number of ether oxygens (including phenoxy) is 1. The van der Waals surface area contributed by atoms with E-state index in [0.29, 0.717) is 17.6 Å². The normalized spacial score (nSPS) is 28.7. The van der Waals surface area contributed by atoms with E-state index in [1.54, 1.807) is 0 Å². The second-order valence-electron chi connectivity index (χ2n) is 6.75. The molecule has 1 aromatic carbocycles. The molecule has 0 spiro atoms. The zero-order valence-corrected chi connectivity index (χ0v) is 12.1. The first-order valence-corrected chi connectivity index (χ1v) is 7.63. The Morgan fingerprint density at radius 2 is 2.11 bits per heavy atom. The fourth-order valence-corrected chi connectivity index (χ4v) is 3.51. The number of rotatable bonds is 3. The standard InChI is InChI=1S/C17H25NO/c1-17(2)10-6-5-9-16(17)18-12-14-11-13-7-3-4-8-15(13)19-14/h3-4,7-8,14,16,18H,5-6,9-12H2,1-2H3. The van der Waals surface area contributed by atoms with Crippen LogP contribution in [0.5, 0.6) is 5.75 Å². The third kappa shape index (κ3) is 2.79. The molecular formula is C17H25NO. The van der Waals surface area contributed by atoms with E-state index < -0.39 is 0 Å². The Labute approximate surface area is 116 Å². The van der Waals surface area contributed by atoms with Crippen LogP contribution in [0.4, 0.5) is 0 Å². The molecule has 1 aliphatic heterocycles. The maximum absolute atomic E-state index is 6.00. The van der Waals surface area contributed by atoms with Gasteiger partial charge in [-0.25, -0.2) is 0 Å². The molecule has 0 bridgehead atoms. The van der Waals surface area contributed by atoms with Crippen molar-refractivity contribution in [1.82, 2.24) is 5.32 Å².